The van der Waals surface area contributed by atoms with Crippen LogP contribution in [0.2, 0.25) is 5.02 Å². The van der Waals surface area contributed by atoms with Crippen LogP contribution in [0.15, 0.2) is 41.3 Å². The van der Waals surface area contributed by atoms with Gasteiger partial charge in [-0.3, -0.25) is 14.5 Å². The summed E-state index contributed by atoms with van der Waals surface area (Å²) in [5.74, 6) is -0.176. The summed E-state index contributed by atoms with van der Waals surface area (Å²) in [6, 6.07) is 9.70. The Bertz CT molecular complexity index is 1160. The number of thioether (sulfide) groups is 1. The van der Waals surface area contributed by atoms with Crippen LogP contribution in [0, 0.1) is 5.92 Å². The van der Waals surface area contributed by atoms with E-state index in [4.69, 9.17) is 26.2 Å². The zero-order chi connectivity index (χ0) is 24.9. The molecule has 9 heteroatoms. The van der Waals surface area contributed by atoms with Crippen molar-refractivity contribution >= 4 is 46.6 Å². The number of carbonyl (C=O) groups excluding carboxylic acids is 2. The van der Waals surface area contributed by atoms with Crippen LogP contribution in [0.25, 0.3) is 6.08 Å². The summed E-state index contributed by atoms with van der Waals surface area (Å²) in [5.41, 5.74) is 1.58. The van der Waals surface area contributed by atoms with E-state index >= 15 is 0 Å². The molecule has 1 heterocycles. The third-order valence-electron chi connectivity index (χ3n) is 6.17. The van der Waals surface area contributed by atoms with Gasteiger partial charge in [-0.15, -0.1) is 0 Å². The van der Waals surface area contributed by atoms with E-state index in [1.54, 1.807) is 30.3 Å². The molecule has 2 aromatic rings. The molecule has 0 radical (unpaired) electrons. The minimum Gasteiger partial charge on any atom is -0.493 e. The molecule has 184 valence electrons. The van der Waals surface area contributed by atoms with Crippen LogP contribution in [0.3, 0.4) is 0 Å². The van der Waals surface area contributed by atoms with Gasteiger partial charge in [-0.1, -0.05) is 43.0 Å². The van der Waals surface area contributed by atoms with Gasteiger partial charge in [0.2, 0.25) is 0 Å². The molecule has 1 aliphatic carbocycles. The third-order valence-corrected chi connectivity index (χ3v) is 7.36. The molecule has 1 aliphatic heterocycles. The maximum absolute atomic E-state index is 12.9. The Morgan fingerprint density at radius 1 is 1.17 bits per heavy atom. The summed E-state index contributed by atoms with van der Waals surface area (Å²) in [4.78, 5) is 38.1. The Labute approximate surface area is 213 Å². The number of methoxy groups -OCH3 is 1. The van der Waals surface area contributed by atoms with E-state index in [2.05, 4.69) is 0 Å². The lowest BCUT2D eigenvalue weighted by atomic mass is 9.89. The summed E-state index contributed by atoms with van der Waals surface area (Å²) < 4.78 is 11.3. The van der Waals surface area contributed by atoms with Crippen LogP contribution in [0.4, 0.5) is 4.79 Å². The van der Waals surface area contributed by atoms with Gasteiger partial charge in [0.1, 0.15) is 6.61 Å². The average molecular weight is 516 g/mol. The van der Waals surface area contributed by atoms with Crippen molar-refractivity contribution < 1.29 is 29.0 Å². The summed E-state index contributed by atoms with van der Waals surface area (Å²) in [6.45, 7) is 0.641. The van der Waals surface area contributed by atoms with E-state index in [1.165, 1.54) is 30.6 Å². The Hall–Kier alpha value is -2.97. The lowest BCUT2D eigenvalue weighted by molar-refractivity contribution is -0.123. The highest BCUT2D eigenvalue weighted by atomic mass is 35.5. The van der Waals surface area contributed by atoms with Gasteiger partial charge >= 0.3 is 5.97 Å². The van der Waals surface area contributed by atoms with E-state index in [1.807, 2.05) is 0 Å². The number of halogens is 1. The summed E-state index contributed by atoms with van der Waals surface area (Å²) in [6.07, 6.45) is 7.28. The second kappa shape index (κ2) is 11.2. The van der Waals surface area contributed by atoms with Crippen molar-refractivity contribution in [1.82, 2.24) is 4.90 Å². The van der Waals surface area contributed by atoms with E-state index < -0.39 is 5.97 Å². The predicted molar refractivity (Wildman–Crippen MR) is 135 cm³/mol. The molecule has 0 spiro atoms. The van der Waals surface area contributed by atoms with E-state index in [0.29, 0.717) is 39.5 Å². The highest BCUT2D eigenvalue weighted by Crippen LogP contribution is 2.40. The molecular formula is C26H26ClNO6S. The van der Waals surface area contributed by atoms with Gasteiger partial charge in [0.15, 0.2) is 11.5 Å². The molecule has 2 fully saturated rings. The number of amides is 2. The Balaban J connectivity index is 1.47. The zero-order valence-electron chi connectivity index (χ0n) is 19.3. The van der Waals surface area contributed by atoms with Crippen LogP contribution >= 0.6 is 23.4 Å². The van der Waals surface area contributed by atoms with Crippen LogP contribution in [0.1, 0.15) is 53.6 Å². The van der Waals surface area contributed by atoms with Gasteiger partial charge in [0, 0.05) is 6.54 Å². The van der Waals surface area contributed by atoms with E-state index in [-0.39, 0.29) is 23.3 Å². The van der Waals surface area contributed by atoms with Crippen molar-refractivity contribution in [1.29, 1.82) is 0 Å². The molecule has 0 unspecified atom stereocenters. The number of carbonyl (C=O) groups is 3. The maximum Gasteiger partial charge on any atom is 0.335 e. The molecule has 2 amide bonds. The van der Waals surface area contributed by atoms with Crippen LogP contribution in [-0.4, -0.2) is 40.8 Å². The first-order valence-electron chi connectivity index (χ1n) is 11.4. The van der Waals surface area contributed by atoms with Gasteiger partial charge in [-0.2, -0.15) is 0 Å². The van der Waals surface area contributed by atoms with Crippen LogP contribution in [0.5, 0.6) is 11.5 Å². The molecule has 4 rings (SSSR count). The lowest BCUT2D eigenvalue weighted by Gasteiger charge is -2.25. The van der Waals surface area contributed by atoms with Gasteiger partial charge in [0.25, 0.3) is 11.1 Å². The second-order valence-electron chi connectivity index (χ2n) is 8.62. The first-order chi connectivity index (χ1) is 16.9. The first kappa shape index (κ1) is 25.1. The topological polar surface area (TPSA) is 93.1 Å². The zero-order valence-corrected chi connectivity index (χ0v) is 20.9. The summed E-state index contributed by atoms with van der Waals surface area (Å²) in [7, 11) is 1.49. The van der Waals surface area contributed by atoms with E-state index in [0.717, 1.165) is 43.0 Å². The number of rotatable bonds is 8. The number of carboxylic acids is 1. The number of carboxylic acid groups (broad SMARTS) is 1. The molecule has 35 heavy (non-hydrogen) atoms. The molecule has 1 saturated carbocycles. The monoisotopic (exact) mass is 515 g/mol. The molecule has 0 bridgehead atoms. The number of aromatic carboxylic acids is 1. The van der Waals surface area contributed by atoms with Crippen molar-refractivity contribution in [2.75, 3.05) is 13.7 Å². The number of hydrogen-bond acceptors (Lipinski definition) is 6. The van der Waals surface area contributed by atoms with Crippen molar-refractivity contribution in [3.8, 4) is 11.5 Å². The highest BCUT2D eigenvalue weighted by molar-refractivity contribution is 8.18. The van der Waals surface area contributed by atoms with Gasteiger partial charge in [-0.25, -0.2) is 4.79 Å². The molecule has 1 saturated heterocycles. The lowest BCUT2D eigenvalue weighted by Crippen LogP contribution is -2.34. The number of hydrogen-bond donors (Lipinski definition) is 1. The summed E-state index contributed by atoms with van der Waals surface area (Å²) in [5, 5.41) is 9.08. The van der Waals surface area contributed by atoms with Gasteiger partial charge in [0.05, 0.1) is 22.6 Å². The average Bonchev–Trinajstić information content (AvgIpc) is 3.11. The number of nitrogens with zero attached hydrogens (tertiary/aromatic N) is 1. The number of ether oxygens (including phenoxy) is 2. The molecule has 1 N–H and O–H groups in total. The van der Waals surface area contributed by atoms with Crippen LogP contribution < -0.4 is 9.47 Å². The molecule has 7 nitrogen and oxygen atoms in total. The first-order valence-corrected chi connectivity index (χ1v) is 12.6. The molecule has 2 aromatic carbocycles. The quantitative estimate of drug-likeness (QED) is 0.416. The van der Waals surface area contributed by atoms with E-state index in [9.17, 15) is 14.4 Å². The molecule has 0 atom stereocenters. The predicted octanol–water partition coefficient (Wildman–Crippen LogP) is 6.24. The Morgan fingerprint density at radius 2 is 1.89 bits per heavy atom. The smallest absolute Gasteiger partial charge is 0.335 e. The normalized spacial score (nSPS) is 17.8. The number of imide groups is 1. The Kier molecular flexibility index (Phi) is 8.03. The standard InChI is InChI=1S/C26H26ClNO6S/c1-33-21-12-18(11-20(27)23(21)34-15-17-7-9-19(10-8-17)25(30)31)13-22-24(29)28(26(32)35-22)14-16-5-3-2-4-6-16/h7-13,16H,2-6,14-15H2,1H3,(H,30,31)/b22-13+. The van der Waals surface area contributed by atoms with Crippen molar-refractivity contribution in [2.45, 2.75) is 38.7 Å². The van der Waals surface area contributed by atoms with Crippen LogP contribution in [-0.2, 0) is 11.4 Å². The fraction of sp³-hybridized carbons (Fsp3) is 0.346. The number of benzene rings is 2. The van der Waals surface area contributed by atoms with Crippen molar-refractivity contribution in [2.24, 2.45) is 5.92 Å². The Morgan fingerprint density at radius 3 is 2.54 bits per heavy atom. The maximum atomic E-state index is 12.9. The van der Waals surface area contributed by atoms with Gasteiger partial charge in [-0.05, 0) is 72.0 Å². The molecule has 0 aromatic heterocycles. The second-order valence-corrected chi connectivity index (χ2v) is 10.0. The fourth-order valence-electron chi connectivity index (χ4n) is 4.30. The van der Waals surface area contributed by atoms with Gasteiger partial charge < -0.3 is 14.6 Å². The summed E-state index contributed by atoms with van der Waals surface area (Å²) >= 11 is 7.41. The third kappa shape index (κ3) is 6.00. The molecule has 2 aliphatic rings. The van der Waals surface area contributed by atoms with Crippen molar-refractivity contribution in [3.63, 3.8) is 0 Å². The minimum absolute atomic E-state index is 0.162. The molecular weight excluding hydrogens is 490 g/mol. The van der Waals surface area contributed by atoms with Crippen molar-refractivity contribution in [3.05, 3.63) is 63.0 Å². The SMILES string of the molecule is COc1cc(/C=C2/SC(=O)N(CC3CCCCC3)C2=O)cc(Cl)c1OCc1ccc(C(=O)O)cc1. The fourth-order valence-corrected chi connectivity index (χ4v) is 5.42. The largest absolute Gasteiger partial charge is 0.493 e. The highest BCUT2D eigenvalue weighted by Gasteiger charge is 2.36. The minimum atomic E-state index is -0.996.